The second-order valence-electron chi connectivity index (χ2n) is 12.5. The highest BCUT2D eigenvalue weighted by Crippen LogP contribution is 2.33. The number of piperidine rings is 1. The summed E-state index contributed by atoms with van der Waals surface area (Å²) < 4.78 is 34.1. The van der Waals surface area contributed by atoms with Crippen LogP contribution in [-0.2, 0) is 18.4 Å². The number of amides is 3. The zero-order valence-electron chi connectivity index (χ0n) is 28.1. The molecule has 1 fully saturated rings. The Morgan fingerprint density at radius 1 is 0.922 bits per heavy atom. The van der Waals surface area contributed by atoms with E-state index in [1.807, 2.05) is 36.4 Å². The van der Waals surface area contributed by atoms with Crippen LogP contribution in [0.5, 0.6) is 17.2 Å². The number of halogens is 1. The molecule has 2 atom stereocenters. The van der Waals surface area contributed by atoms with Crippen LogP contribution in [-0.4, -0.2) is 71.4 Å². The molecule has 4 aromatic carbocycles. The second kappa shape index (κ2) is 14.4. The van der Waals surface area contributed by atoms with Crippen molar-refractivity contribution >= 4 is 17.7 Å². The standard InChI is InChI=1S/C39H36FN5O6/c1-44-34(20-32(43-44)25-7-4-3-5-8-25)39(48)45-14-13-36-33(22-45)42-38(47)27-11-12-35(49-2)31(18-27)26-9-6-10-29(17-26)50-23-37(46)41-21-24-15-28(40)19-30(16-24)51-36/h3-12,15-20,33,36H,13-14,21-23H2,1-2H3,(H,41,46)(H,42,47)/t33-,36-/m1/s1. The van der Waals surface area contributed by atoms with Crippen molar-refractivity contribution in [3.8, 4) is 39.6 Å². The third-order valence-corrected chi connectivity index (χ3v) is 9.01. The third kappa shape index (κ3) is 7.40. The minimum absolute atomic E-state index is 0.0438. The molecule has 0 spiro atoms. The van der Waals surface area contributed by atoms with Crippen LogP contribution in [0.3, 0.4) is 0 Å². The molecule has 6 bridgehead atoms. The molecule has 0 radical (unpaired) electrons. The molecule has 2 aliphatic heterocycles. The van der Waals surface area contributed by atoms with Crippen LogP contribution in [0.1, 0.15) is 32.8 Å². The number of nitrogens with one attached hydrogen (secondary N) is 2. The van der Waals surface area contributed by atoms with Crippen LogP contribution < -0.4 is 24.8 Å². The Bertz CT molecular complexity index is 2100. The van der Waals surface area contributed by atoms with Gasteiger partial charge in [0.25, 0.3) is 17.7 Å². The Balaban J connectivity index is 1.22. The van der Waals surface area contributed by atoms with Crippen LogP contribution in [0.4, 0.5) is 4.39 Å². The second-order valence-corrected chi connectivity index (χ2v) is 12.5. The van der Waals surface area contributed by atoms with Gasteiger partial charge in [0, 0.05) is 55.9 Å². The number of carbonyl (C=O) groups is 3. The highest BCUT2D eigenvalue weighted by Gasteiger charge is 2.36. The molecule has 260 valence electrons. The molecule has 12 heteroatoms. The van der Waals surface area contributed by atoms with Gasteiger partial charge >= 0.3 is 0 Å². The SMILES string of the molecule is COc1ccc2cc1-c1cccc(c1)OCC(=O)NCc1cc(F)cc(c1)O[C@@H]1CCN(C(=O)c3cc(-c4ccccc4)nn3C)C[C@H]1NC2=O. The Labute approximate surface area is 293 Å². The summed E-state index contributed by atoms with van der Waals surface area (Å²) in [6.45, 7) is 0.236. The third-order valence-electron chi connectivity index (χ3n) is 9.01. The zero-order chi connectivity index (χ0) is 35.5. The van der Waals surface area contributed by atoms with Crippen LogP contribution in [0, 0.1) is 5.82 Å². The normalized spacial score (nSPS) is 17.7. The van der Waals surface area contributed by atoms with Gasteiger partial charge in [-0.05, 0) is 59.7 Å². The van der Waals surface area contributed by atoms with E-state index in [4.69, 9.17) is 14.2 Å². The van der Waals surface area contributed by atoms with Crippen molar-refractivity contribution < 1.29 is 33.0 Å². The van der Waals surface area contributed by atoms with E-state index in [1.165, 1.54) is 12.1 Å². The average molecular weight is 690 g/mol. The Kier molecular flexibility index (Phi) is 9.38. The maximum atomic E-state index is 14.8. The number of likely N-dealkylation sites (tertiary alicyclic amines) is 1. The molecule has 0 unspecified atom stereocenters. The first-order chi connectivity index (χ1) is 24.7. The van der Waals surface area contributed by atoms with Crippen molar-refractivity contribution in [1.29, 1.82) is 0 Å². The highest BCUT2D eigenvalue weighted by atomic mass is 19.1. The molecule has 0 aliphatic carbocycles. The largest absolute Gasteiger partial charge is 0.496 e. The zero-order valence-corrected chi connectivity index (χ0v) is 28.1. The molecule has 2 N–H and O–H groups in total. The monoisotopic (exact) mass is 689 g/mol. The van der Waals surface area contributed by atoms with Crippen molar-refractivity contribution in [1.82, 2.24) is 25.3 Å². The van der Waals surface area contributed by atoms with Gasteiger partial charge in [-0.15, -0.1) is 0 Å². The predicted molar refractivity (Wildman–Crippen MR) is 187 cm³/mol. The molecule has 11 nitrogen and oxygen atoms in total. The van der Waals surface area contributed by atoms with E-state index in [9.17, 15) is 18.8 Å². The molecule has 5 aromatic rings. The summed E-state index contributed by atoms with van der Waals surface area (Å²) >= 11 is 0. The van der Waals surface area contributed by atoms with E-state index in [2.05, 4.69) is 15.7 Å². The summed E-state index contributed by atoms with van der Waals surface area (Å²) in [5.41, 5.74) is 4.15. The number of benzene rings is 4. The first-order valence-electron chi connectivity index (χ1n) is 16.6. The van der Waals surface area contributed by atoms with E-state index in [1.54, 1.807) is 72.3 Å². The fraction of sp³-hybridized carbons (Fsp3) is 0.231. The summed E-state index contributed by atoms with van der Waals surface area (Å²) in [6, 6.07) is 27.1. The van der Waals surface area contributed by atoms with Crippen LogP contribution >= 0.6 is 0 Å². The van der Waals surface area contributed by atoms with Gasteiger partial charge in [-0.2, -0.15) is 5.10 Å². The van der Waals surface area contributed by atoms with Crippen LogP contribution in [0.25, 0.3) is 22.4 Å². The van der Waals surface area contributed by atoms with E-state index in [0.717, 1.165) is 5.56 Å². The maximum Gasteiger partial charge on any atom is 0.272 e. The number of ether oxygens (including phenoxy) is 3. The fourth-order valence-corrected chi connectivity index (χ4v) is 6.42. The minimum atomic E-state index is -0.673. The first-order valence-corrected chi connectivity index (χ1v) is 16.6. The van der Waals surface area contributed by atoms with Gasteiger partial charge in [-0.1, -0.05) is 42.5 Å². The Morgan fingerprint density at radius 3 is 2.57 bits per heavy atom. The lowest BCUT2D eigenvalue weighted by Gasteiger charge is -2.39. The fourth-order valence-electron chi connectivity index (χ4n) is 6.42. The van der Waals surface area contributed by atoms with Crippen LogP contribution in [0.15, 0.2) is 97.1 Å². The number of fused-ring (bicyclic) bond motifs is 8. The number of hydrogen-bond acceptors (Lipinski definition) is 7. The van der Waals surface area contributed by atoms with Gasteiger partial charge < -0.3 is 29.7 Å². The predicted octanol–water partition coefficient (Wildman–Crippen LogP) is 5.00. The van der Waals surface area contributed by atoms with Gasteiger partial charge in [0.05, 0.1) is 18.8 Å². The quantitative estimate of drug-likeness (QED) is 0.273. The van der Waals surface area contributed by atoms with Gasteiger partial charge in [0.15, 0.2) is 6.61 Å². The van der Waals surface area contributed by atoms with Gasteiger partial charge in [-0.25, -0.2) is 4.39 Å². The lowest BCUT2D eigenvalue weighted by Crippen LogP contribution is -2.58. The number of methoxy groups -OCH3 is 1. The summed E-state index contributed by atoms with van der Waals surface area (Å²) in [4.78, 5) is 42.3. The molecule has 51 heavy (non-hydrogen) atoms. The van der Waals surface area contributed by atoms with Gasteiger partial charge in [0.2, 0.25) is 0 Å². The van der Waals surface area contributed by atoms with Crippen molar-refractivity contribution in [2.75, 3.05) is 26.8 Å². The highest BCUT2D eigenvalue weighted by molar-refractivity contribution is 5.97. The molecule has 7 rings (SSSR count). The topological polar surface area (TPSA) is 124 Å². The molecule has 1 saturated heterocycles. The number of hydrogen-bond donors (Lipinski definition) is 2. The van der Waals surface area contributed by atoms with Gasteiger partial charge in [0.1, 0.15) is 34.9 Å². The maximum absolute atomic E-state index is 14.8. The Morgan fingerprint density at radius 2 is 1.75 bits per heavy atom. The smallest absolute Gasteiger partial charge is 0.272 e. The van der Waals surface area contributed by atoms with Crippen molar-refractivity contribution in [2.45, 2.75) is 25.1 Å². The minimum Gasteiger partial charge on any atom is -0.496 e. The van der Waals surface area contributed by atoms with Crippen molar-refractivity contribution in [3.05, 3.63) is 120 Å². The molecule has 3 heterocycles. The first kappa shape index (κ1) is 33.3. The van der Waals surface area contributed by atoms with Gasteiger partial charge in [-0.3, -0.25) is 19.1 Å². The lowest BCUT2D eigenvalue weighted by molar-refractivity contribution is -0.123. The van der Waals surface area contributed by atoms with Crippen LogP contribution in [0.2, 0.25) is 0 Å². The van der Waals surface area contributed by atoms with E-state index >= 15 is 0 Å². The molecule has 3 amide bonds. The number of aryl methyl sites for hydroxylation is 1. The van der Waals surface area contributed by atoms with Crippen molar-refractivity contribution in [3.63, 3.8) is 0 Å². The lowest BCUT2D eigenvalue weighted by atomic mass is 9.99. The number of carbonyl (C=O) groups excluding carboxylic acids is 3. The molecule has 2 aliphatic rings. The van der Waals surface area contributed by atoms with E-state index in [0.29, 0.717) is 58.1 Å². The number of rotatable bonds is 3. The van der Waals surface area contributed by atoms with E-state index < -0.39 is 23.9 Å². The molecule has 0 saturated carbocycles. The van der Waals surface area contributed by atoms with Crippen molar-refractivity contribution in [2.24, 2.45) is 7.05 Å². The summed E-state index contributed by atoms with van der Waals surface area (Å²) in [5, 5.41) is 10.4. The summed E-state index contributed by atoms with van der Waals surface area (Å²) in [6.07, 6.45) is -0.265. The molecular weight excluding hydrogens is 653 g/mol. The number of aromatic nitrogens is 2. The van der Waals surface area contributed by atoms with E-state index in [-0.39, 0.29) is 37.3 Å². The summed E-state index contributed by atoms with van der Waals surface area (Å²) in [5.74, 6) is -0.347. The Hall–Kier alpha value is -6.17. The summed E-state index contributed by atoms with van der Waals surface area (Å²) in [7, 11) is 3.27. The molecule has 1 aromatic heterocycles. The number of nitrogens with zero attached hydrogens (tertiary/aromatic N) is 3. The molecular formula is C39H36FN5O6. The average Bonchev–Trinajstić information content (AvgIpc) is 3.54.